The summed E-state index contributed by atoms with van der Waals surface area (Å²) in [7, 11) is 2.63. The normalized spacial score (nSPS) is 17.3. The number of ether oxygens (including phenoxy) is 15. The summed E-state index contributed by atoms with van der Waals surface area (Å²) in [5.74, 6) is -26.2. The quantitative estimate of drug-likeness (QED) is 0.0199. The highest BCUT2D eigenvalue weighted by molar-refractivity contribution is 5.88. The van der Waals surface area contributed by atoms with Crippen molar-refractivity contribution in [2.24, 2.45) is 10.8 Å². The zero-order chi connectivity index (χ0) is 106. The predicted octanol–water partition coefficient (Wildman–Crippen LogP) is -15.7. The van der Waals surface area contributed by atoms with Crippen molar-refractivity contribution < 1.29 is 248 Å². The average molecular weight is 1990 g/mol. The number of nitrogens with one attached hydrogen (secondary N) is 8. The molecule has 23 N–H and O–H groups in total. The molecule has 0 fully saturated rings. The predicted molar refractivity (Wildman–Crippen MR) is 441 cm³/mol. The summed E-state index contributed by atoms with van der Waals surface area (Å²) in [6.45, 7) is 0.841. The molecular weight excluding hydrogens is 1860 g/mol. The molecule has 0 rings (SSSR count). The molecule has 0 heterocycles. The van der Waals surface area contributed by atoms with Crippen LogP contribution in [-0.4, -0.2) is 454 Å². The average Bonchev–Trinajstić information content (AvgIpc) is 0.812. The van der Waals surface area contributed by atoms with E-state index in [0.717, 1.165) is 104 Å². The van der Waals surface area contributed by atoms with E-state index in [4.69, 9.17) is 86.4 Å². The van der Waals surface area contributed by atoms with Gasteiger partial charge in [0, 0.05) is 167 Å². The number of hydrogen-bond acceptors (Lipinski definition) is 53. The van der Waals surface area contributed by atoms with Gasteiger partial charge in [-0.1, -0.05) is 0 Å². The third-order valence-electron chi connectivity index (χ3n) is 18.2. The van der Waals surface area contributed by atoms with Crippen LogP contribution in [0.3, 0.4) is 0 Å². The van der Waals surface area contributed by atoms with Crippen LogP contribution in [0.1, 0.15) is 104 Å². The lowest BCUT2D eigenvalue weighted by molar-refractivity contribution is -0.203. The van der Waals surface area contributed by atoms with Crippen LogP contribution in [0.2, 0.25) is 0 Å². The van der Waals surface area contributed by atoms with Gasteiger partial charge in [-0.25, -0.2) is 0 Å². The molecule has 137 heavy (non-hydrogen) atoms. The lowest BCUT2D eigenvalue weighted by Gasteiger charge is -2.38. The third-order valence-corrected chi connectivity index (χ3v) is 18.2. The van der Waals surface area contributed by atoms with Crippen LogP contribution >= 0.6 is 0 Å². The molecule has 0 saturated heterocycles. The maximum absolute atomic E-state index is 14.8. The van der Waals surface area contributed by atoms with Crippen molar-refractivity contribution in [1.29, 1.82) is 0 Å². The Kier molecular flexibility index (Phi) is 59.0. The Morgan fingerprint density at radius 1 is 0.219 bits per heavy atom. The second kappa shape index (κ2) is 63.6. The van der Waals surface area contributed by atoms with Crippen LogP contribution in [0.4, 0.5) is 0 Å². The highest BCUT2D eigenvalue weighted by atomic mass is 16.7. The minimum atomic E-state index is -2.49. The molecule has 24 atom stereocenters. The maximum atomic E-state index is 14.8. The van der Waals surface area contributed by atoms with Crippen molar-refractivity contribution in [1.82, 2.24) is 42.5 Å². The van der Waals surface area contributed by atoms with Crippen LogP contribution in [0.15, 0.2) is 0 Å². The lowest BCUT2D eigenvalue weighted by Crippen LogP contribution is -2.62. The summed E-state index contributed by atoms with van der Waals surface area (Å²) in [6.07, 6.45) is -53.3. The number of aliphatic hydroxyl groups is 15. The first-order valence-corrected chi connectivity index (χ1v) is 40.9. The van der Waals surface area contributed by atoms with Gasteiger partial charge in [0.15, 0.2) is 73.2 Å². The summed E-state index contributed by atoms with van der Waals surface area (Å²) in [5.41, 5.74) is -3.74. The van der Waals surface area contributed by atoms with E-state index in [1.807, 2.05) is 0 Å². The van der Waals surface area contributed by atoms with Crippen molar-refractivity contribution in [3.8, 4) is 0 Å². The van der Waals surface area contributed by atoms with Crippen LogP contribution < -0.4 is 42.5 Å². The summed E-state index contributed by atoms with van der Waals surface area (Å²) in [6, 6.07) is 0. The van der Waals surface area contributed by atoms with Gasteiger partial charge in [-0.2, -0.15) is 0 Å². The molecule has 0 radical (unpaired) electrons. The van der Waals surface area contributed by atoms with Crippen LogP contribution in [0.25, 0.3) is 0 Å². The summed E-state index contributed by atoms with van der Waals surface area (Å²) >= 11 is 0. The third kappa shape index (κ3) is 47.7. The fraction of sp³-hybridized carbons (Fsp3) is 0.731. The summed E-state index contributed by atoms with van der Waals surface area (Å²) in [4.78, 5) is 271. The second-order valence-corrected chi connectivity index (χ2v) is 30.3. The molecule has 0 aromatic heterocycles. The molecular formula is C78H126N8O51. The van der Waals surface area contributed by atoms with Gasteiger partial charge in [-0.05, 0) is 14.1 Å². The number of aliphatic hydroxyl groups excluding tert-OH is 15. The first-order chi connectivity index (χ1) is 63.5. The molecule has 0 saturated carbocycles. The first kappa shape index (κ1) is 127. The molecule has 24 unspecified atom stereocenters. The number of hydrogen-bond donors (Lipinski definition) is 23. The fourth-order valence-corrected chi connectivity index (χ4v) is 12.1. The number of rotatable bonds is 61. The Labute approximate surface area is 780 Å². The van der Waals surface area contributed by atoms with E-state index in [1.54, 1.807) is 0 Å². The van der Waals surface area contributed by atoms with Gasteiger partial charge in [0.25, 0.3) is 35.4 Å². The maximum Gasteiger partial charge on any atom is 0.303 e. The van der Waals surface area contributed by atoms with E-state index in [0.29, 0.717) is 0 Å². The zero-order valence-corrected chi connectivity index (χ0v) is 77.7. The Morgan fingerprint density at radius 2 is 0.387 bits per heavy atom. The van der Waals surface area contributed by atoms with Gasteiger partial charge in [0.05, 0.1) is 19.8 Å². The van der Waals surface area contributed by atoms with Crippen molar-refractivity contribution in [3.63, 3.8) is 0 Å². The van der Waals surface area contributed by atoms with E-state index in [9.17, 15) is 162 Å². The minimum absolute atomic E-state index is 0.270. The van der Waals surface area contributed by atoms with Crippen LogP contribution in [-0.2, 0) is 172 Å². The minimum Gasteiger partial charge on any atom is -0.462 e. The van der Waals surface area contributed by atoms with Crippen molar-refractivity contribution >= 4 is 125 Å². The van der Waals surface area contributed by atoms with Gasteiger partial charge in [0.2, 0.25) is 18.3 Å². The number of carbonyl (C=O) groups excluding carboxylic acids is 21. The largest absolute Gasteiger partial charge is 0.462 e. The molecule has 6 amide bonds. The van der Waals surface area contributed by atoms with E-state index in [1.165, 1.54) is 14.1 Å². The van der Waals surface area contributed by atoms with Gasteiger partial charge < -0.3 is 190 Å². The molecule has 59 heteroatoms. The highest BCUT2D eigenvalue weighted by Crippen LogP contribution is 2.27. The summed E-state index contributed by atoms with van der Waals surface area (Å²) < 4.78 is 79.1. The van der Waals surface area contributed by atoms with Gasteiger partial charge in [-0.3, -0.25) is 101 Å². The molecule has 0 aromatic carbocycles. The van der Waals surface area contributed by atoms with Gasteiger partial charge in [-0.15, -0.1) is 0 Å². The van der Waals surface area contributed by atoms with E-state index < -0.39 is 368 Å². The van der Waals surface area contributed by atoms with Gasteiger partial charge >= 0.3 is 89.5 Å². The topological polar surface area (TPSA) is 897 Å². The first-order valence-electron chi connectivity index (χ1n) is 40.9. The Hall–Kier alpha value is -11.8. The van der Waals surface area contributed by atoms with Crippen molar-refractivity contribution in [3.05, 3.63) is 0 Å². The smallest absolute Gasteiger partial charge is 0.303 e. The Balaban J connectivity index is 0. The second-order valence-electron chi connectivity index (χ2n) is 30.3. The van der Waals surface area contributed by atoms with Crippen LogP contribution in [0.5, 0.6) is 0 Å². The molecule has 59 nitrogen and oxygen atoms in total. The number of carbonyl (C=O) groups is 21. The SMILES string of the molecule is CNCC(CNC(=O)C(O)C(O)C(O)C(O)CO)(CNC(=O)C(O)C(O)C(O)C(O)CO)CNC(=O)C(O)C(O)C(O)C(O)CO.CNCC(CNC(=O)C(OC(C)=O)C(OC(C)=O)C(OC(C)=O)C(COC(C)=O)OC(C)=O)(CNC(=O)C(OC(C)=O)C(OC(C)=O)C(OC(C)=O)C(COC(C)=O)OC(C)=O)CNC(=O)C(OC(C)=O)C(OC(C)=O)C(OC(C)=O)C(COC(C)=O)OC(C)=O. The monoisotopic (exact) mass is 1990 g/mol. The Morgan fingerprint density at radius 3 is 0.540 bits per heavy atom. The molecule has 0 aliphatic rings. The zero-order valence-electron chi connectivity index (χ0n) is 77.7. The number of amides is 6. The van der Waals surface area contributed by atoms with Crippen LogP contribution in [0, 0.1) is 10.8 Å². The molecule has 0 aliphatic carbocycles. The number of esters is 15. The molecule has 0 spiro atoms. The van der Waals surface area contributed by atoms with E-state index >= 15 is 0 Å². The Bertz CT molecular complexity index is 3630. The van der Waals surface area contributed by atoms with E-state index in [-0.39, 0.29) is 6.54 Å². The molecule has 784 valence electrons. The fourth-order valence-electron chi connectivity index (χ4n) is 12.1. The van der Waals surface area contributed by atoms with E-state index in [2.05, 4.69) is 42.5 Å². The lowest BCUT2D eigenvalue weighted by atomic mass is 9.86. The molecule has 0 aromatic rings. The van der Waals surface area contributed by atoms with Crippen molar-refractivity contribution in [2.45, 2.75) is 250 Å². The molecule has 0 aliphatic heterocycles. The summed E-state index contributed by atoms with van der Waals surface area (Å²) in [5, 5.41) is 164. The molecule has 0 bridgehead atoms. The van der Waals surface area contributed by atoms with Crippen molar-refractivity contribution in [2.75, 3.05) is 106 Å². The highest BCUT2D eigenvalue weighted by Gasteiger charge is 2.53. The standard InChI is InChI=1S/C54H78N4O33.C24H48N4O18/c1-24(59)77-17-39(80-27(4)62)42(83-30(7)65)45(86-33(10)68)48(89-36(13)71)51(74)56-21-54(20-55-16,22-57-52(75)49(90-37(14)72)46(87-34(11)69)43(84-31(8)66)40(81-28(5)63)18-78-25(2)60)23-58-53(76)50(91-38(15)73)47(88-35(12)70)44(85-32(9)67)41(82-29(6)64)19-79-26(3)61;1-25-5-24(6-26-21(44)18(41)15(38)12(35)9(32)2-29,7-27-22(45)19(42)16(39)13(36)10(33)3-30)8-28-23(46)20(43)17(40)14(37)11(34)4-31/h39-50,55H,17-23H2,1-16H3,(H,56,74)(H,57,75)(H,58,76);9-20,25,29-43H,2-8H2,1H3,(H,26,44)(H,27,45)(H,28,46). The van der Waals surface area contributed by atoms with Gasteiger partial charge in [0.1, 0.15) is 74.8 Å².